The lowest BCUT2D eigenvalue weighted by Gasteiger charge is -2.31. The third-order valence-electron chi connectivity index (χ3n) is 5.71. The number of ether oxygens (including phenoxy) is 1. The Morgan fingerprint density at radius 3 is 2.12 bits per heavy atom. The predicted octanol–water partition coefficient (Wildman–Crippen LogP) is 2.91. The summed E-state index contributed by atoms with van der Waals surface area (Å²) in [4.78, 5) is 61.7. The molecule has 1 aromatic rings. The van der Waals surface area contributed by atoms with Crippen molar-refractivity contribution in [1.82, 2.24) is 5.32 Å². The average molecular weight is 456 g/mol. The molecule has 1 aliphatic carbocycles. The van der Waals surface area contributed by atoms with Crippen LogP contribution in [0.4, 0.5) is 0 Å². The molecule has 0 saturated carbocycles. The van der Waals surface area contributed by atoms with Gasteiger partial charge >= 0.3 is 11.9 Å². The molecule has 0 aromatic heterocycles. The number of aliphatic carboxylic acids is 1. The lowest BCUT2D eigenvalue weighted by molar-refractivity contribution is -0.151. The smallest absolute Gasteiger partial charge is 0.326 e. The molecular weight excluding hydrogens is 426 g/mol. The van der Waals surface area contributed by atoms with E-state index in [9.17, 15) is 29.1 Å². The van der Waals surface area contributed by atoms with Crippen molar-refractivity contribution >= 4 is 29.4 Å². The molecule has 1 atom stereocenters. The molecule has 33 heavy (non-hydrogen) atoms. The van der Waals surface area contributed by atoms with Gasteiger partial charge in [0.25, 0.3) is 0 Å². The van der Waals surface area contributed by atoms with Crippen LogP contribution in [0.5, 0.6) is 0 Å². The second kappa shape index (κ2) is 10.4. The minimum atomic E-state index is -1.49. The van der Waals surface area contributed by atoms with Crippen molar-refractivity contribution in [3.63, 3.8) is 0 Å². The molecule has 0 heterocycles. The Hall–Kier alpha value is -3.55. The fourth-order valence-electron chi connectivity index (χ4n) is 3.81. The number of hydrogen-bond donors (Lipinski definition) is 2. The van der Waals surface area contributed by atoms with Gasteiger partial charge in [0.2, 0.25) is 5.91 Å². The number of benzene rings is 1. The van der Waals surface area contributed by atoms with Gasteiger partial charge in [-0.1, -0.05) is 44.2 Å². The zero-order chi connectivity index (χ0) is 24.9. The highest BCUT2D eigenvalue weighted by Gasteiger charge is 2.39. The number of Topliss-reactive ketones (excluding diaryl/α,β-unsaturated/α-hetero) is 2. The Balaban J connectivity index is 2.05. The van der Waals surface area contributed by atoms with Gasteiger partial charge in [0.1, 0.15) is 12.6 Å². The topological polar surface area (TPSA) is 127 Å². The maximum absolute atomic E-state index is 12.8. The van der Waals surface area contributed by atoms with Gasteiger partial charge in [-0.05, 0) is 26.3 Å². The van der Waals surface area contributed by atoms with Crippen molar-refractivity contribution in [2.45, 2.75) is 60.1 Å². The lowest BCUT2D eigenvalue weighted by Crippen LogP contribution is -2.44. The minimum absolute atomic E-state index is 0.0111. The summed E-state index contributed by atoms with van der Waals surface area (Å²) in [6, 6.07) is 7.42. The van der Waals surface area contributed by atoms with Crippen LogP contribution in [-0.2, 0) is 35.3 Å². The van der Waals surface area contributed by atoms with Crippen LogP contribution in [0.25, 0.3) is 0 Å². The maximum atomic E-state index is 12.8. The normalized spacial score (nSPS) is 15.4. The van der Waals surface area contributed by atoms with E-state index in [1.54, 1.807) is 58.9 Å². The first kappa shape index (κ1) is 25.7. The Kier molecular flexibility index (Phi) is 8.08. The Labute approximate surface area is 192 Å². The van der Waals surface area contributed by atoms with Gasteiger partial charge in [-0.2, -0.15) is 0 Å². The van der Waals surface area contributed by atoms with Gasteiger partial charge in [-0.25, -0.2) is 4.79 Å². The highest BCUT2D eigenvalue weighted by molar-refractivity contribution is 6.25. The van der Waals surface area contributed by atoms with Gasteiger partial charge in [-0.3, -0.25) is 19.2 Å². The zero-order valence-electron chi connectivity index (χ0n) is 19.5. The van der Waals surface area contributed by atoms with Gasteiger partial charge in [0, 0.05) is 34.1 Å². The Morgan fingerprint density at radius 2 is 1.55 bits per heavy atom. The first-order valence-electron chi connectivity index (χ1n) is 10.5. The van der Waals surface area contributed by atoms with Crippen molar-refractivity contribution in [2.24, 2.45) is 5.41 Å². The molecule has 0 fully saturated rings. The minimum Gasteiger partial charge on any atom is -0.480 e. The summed E-state index contributed by atoms with van der Waals surface area (Å²) in [5.74, 6) is -3.37. The SMILES string of the molecule is CC1=C(C)C(=O)C(C(C)(C)CC(=O)N[C@@H](CC(=O)OCc2ccccc2)C(=O)O)=C(C)C1=O. The molecule has 2 rings (SSSR count). The van der Waals surface area contributed by atoms with Crippen molar-refractivity contribution in [3.05, 3.63) is 58.2 Å². The number of carboxylic acid groups (broad SMARTS) is 1. The molecule has 8 heteroatoms. The van der Waals surface area contributed by atoms with E-state index in [0.29, 0.717) is 11.1 Å². The van der Waals surface area contributed by atoms with Crippen LogP contribution in [-0.4, -0.2) is 40.6 Å². The third-order valence-corrected chi connectivity index (χ3v) is 5.71. The van der Waals surface area contributed by atoms with Crippen LogP contribution in [0.1, 0.15) is 53.0 Å². The molecule has 1 aliphatic rings. The summed E-state index contributed by atoms with van der Waals surface area (Å²) >= 11 is 0. The highest BCUT2D eigenvalue weighted by atomic mass is 16.5. The molecule has 176 valence electrons. The molecule has 0 radical (unpaired) electrons. The van der Waals surface area contributed by atoms with Crippen LogP contribution in [0.15, 0.2) is 52.6 Å². The summed E-state index contributed by atoms with van der Waals surface area (Å²) in [5, 5.41) is 11.8. The van der Waals surface area contributed by atoms with Gasteiger partial charge in [0.05, 0.1) is 6.42 Å². The predicted molar refractivity (Wildman–Crippen MR) is 120 cm³/mol. The second-order valence-corrected chi connectivity index (χ2v) is 8.78. The lowest BCUT2D eigenvalue weighted by atomic mass is 9.71. The molecular formula is C25H29NO7. The van der Waals surface area contributed by atoms with Crippen LogP contribution in [0.2, 0.25) is 0 Å². The number of hydrogen-bond acceptors (Lipinski definition) is 6. The van der Waals surface area contributed by atoms with Crippen LogP contribution in [0, 0.1) is 5.41 Å². The van der Waals surface area contributed by atoms with E-state index in [1.165, 1.54) is 0 Å². The summed E-state index contributed by atoms with van der Waals surface area (Å²) in [7, 11) is 0. The Morgan fingerprint density at radius 1 is 0.970 bits per heavy atom. The summed E-state index contributed by atoms with van der Waals surface area (Å²) in [5.41, 5.74) is 0.943. The molecule has 1 aromatic carbocycles. The number of rotatable bonds is 9. The van der Waals surface area contributed by atoms with E-state index in [4.69, 9.17) is 4.74 Å². The van der Waals surface area contributed by atoms with E-state index in [0.717, 1.165) is 5.56 Å². The number of nitrogens with one attached hydrogen (secondary N) is 1. The van der Waals surface area contributed by atoms with Crippen LogP contribution >= 0.6 is 0 Å². The van der Waals surface area contributed by atoms with Crippen molar-refractivity contribution in [2.75, 3.05) is 0 Å². The van der Waals surface area contributed by atoms with Gasteiger partial charge < -0.3 is 15.2 Å². The fourth-order valence-corrected chi connectivity index (χ4v) is 3.81. The highest BCUT2D eigenvalue weighted by Crippen LogP contribution is 2.38. The fraction of sp³-hybridized carbons (Fsp3) is 0.400. The van der Waals surface area contributed by atoms with Crippen LogP contribution in [0.3, 0.4) is 0 Å². The second-order valence-electron chi connectivity index (χ2n) is 8.78. The molecule has 0 unspecified atom stereocenters. The summed E-state index contributed by atoms with van der Waals surface area (Å²) in [6.07, 6.45) is -0.789. The zero-order valence-corrected chi connectivity index (χ0v) is 19.5. The van der Waals surface area contributed by atoms with Gasteiger partial charge in [-0.15, -0.1) is 0 Å². The first-order chi connectivity index (χ1) is 15.3. The number of ketones is 2. The molecule has 0 saturated heterocycles. The maximum Gasteiger partial charge on any atom is 0.326 e. The van der Waals surface area contributed by atoms with E-state index in [1.807, 2.05) is 6.07 Å². The quantitative estimate of drug-likeness (QED) is 0.433. The van der Waals surface area contributed by atoms with Crippen molar-refractivity contribution in [1.29, 1.82) is 0 Å². The number of allylic oxidation sites excluding steroid dienone is 4. The van der Waals surface area contributed by atoms with E-state index < -0.39 is 35.7 Å². The summed E-state index contributed by atoms with van der Waals surface area (Å²) in [6.45, 7) is 7.99. The molecule has 2 N–H and O–H groups in total. The van der Waals surface area contributed by atoms with E-state index >= 15 is 0 Å². The standard InChI is InChI=1S/C25H29NO7/c1-14-15(2)23(30)21(16(3)22(14)29)25(4,5)12-19(27)26-18(24(31)32)11-20(28)33-13-17-9-7-6-8-10-17/h6-10,18H,11-13H2,1-5H3,(H,26,27)(H,31,32)/t18-/m0/s1. The number of carbonyl (C=O) groups excluding carboxylic acids is 4. The largest absolute Gasteiger partial charge is 0.480 e. The third kappa shape index (κ3) is 6.25. The molecule has 1 amide bonds. The molecule has 0 aliphatic heterocycles. The Bertz CT molecular complexity index is 1050. The average Bonchev–Trinajstić information content (AvgIpc) is 2.74. The number of carboxylic acids is 1. The number of carbonyl (C=O) groups is 5. The molecule has 0 bridgehead atoms. The molecule has 8 nitrogen and oxygen atoms in total. The first-order valence-corrected chi connectivity index (χ1v) is 10.5. The molecule has 0 spiro atoms. The van der Waals surface area contributed by atoms with E-state index in [-0.39, 0.29) is 35.7 Å². The van der Waals surface area contributed by atoms with Crippen molar-refractivity contribution in [3.8, 4) is 0 Å². The van der Waals surface area contributed by atoms with E-state index in [2.05, 4.69) is 5.32 Å². The van der Waals surface area contributed by atoms with Gasteiger partial charge in [0.15, 0.2) is 11.6 Å². The number of esters is 1. The monoisotopic (exact) mass is 455 g/mol. The summed E-state index contributed by atoms with van der Waals surface area (Å²) < 4.78 is 5.10. The van der Waals surface area contributed by atoms with Crippen molar-refractivity contribution < 1.29 is 33.8 Å². The van der Waals surface area contributed by atoms with Crippen LogP contribution < -0.4 is 5.32 Å². The number of amides is 1.